The number of anilines is 1. The Morgan fingerprint density at radius 3 is 2.50 bits per heavy atom. The molecule has 10 heteroatoms. The monoisotopic (exact) mass is 443 g/mol. The zero-order chi connectivity index (χ0) is 21.7. The third-order valence-electron chi connectivity index (χ3n) is 4.77. The Bertz CT molecular complexity index is 870. The summed E-state index contributed by atoms with van der Waals surface area (Å²) >= 11 is 5.96. The van der Waals surface area contributed by atoms with Crippen LogP contribution in [0.5, 0.6) is 11.6 Å². The van der Waals surface area contributed by atoms with E-state index in [0.717, 1.165) is 12.3 Å². The zero-order valence-electron chi connectivity index (χ0n) is 16.1. The number of benzene rings is 1. The van der Waals surface area contributed by atoms with E-state index in [1.165, 1.54) is 13.2 Å². The number of hydrogen-bond acceptors (Lipinski definition) is 4. The first-order chi connectivity index (χ1) is 14.2. The lowest BCUT2D eigenvalue weighted by Crippen LogP contribution is -2.41. The van der Waals surface area contributed by atoms with Crippen molar-refractivity contribution in [1.29, 1.82) is 0 Å². The van der Waals surface area contributed by atoms with Crippen molar-refractivity contribution in [2.45, 2.75) is 44.0 Å². The number of aromatic nitrogens is 1. The highest BCUT2D eigenvalue weighted by Crippen LogP contribution is 2.30. The molecule has 30 heavy (non-hydrogen) atoms. The minimum Gasteiger partial charge on any atom is -0.495 e. The van der Waals surface area contributed by atoms with Gasteiger partial charge in [-0.1, -0.05) is 11.6 Å². The molecule has 1 saturated carbocycles. The van der Waals surface area contributed by atoms with Crippen LogP contribution in [-0.4, -0.2) is 30.3 Å². The van der Waals surface area contributed by atoms with Gasteiger partial charge >= 0.3 is 12.2 Å². The lowest BCUT2D eigenvalue weighted by molar-refractivity contribution is -0.137. The van der Waals surface area contributed by atoms with Gasteiger partial charge in [-0.25, -0.2) is 9.78 Å². The van der Waals surface area contributed by atoms with Gasteiger partial charge in [-0.05, 0) is 49.9 Å². The average Bonchev–Trinajstić information content (AvgIpc) is 2.69. The number of amides is 2. The maximum Gasteiger partial charge on any atom is 0.417 e. The van der Waals surface area contributed by atoms with E-state index in [4.69, 9.17) is 21.1 Å². The van der Waals surface area contributed by atoms with Crippen LogP contribution in [0.25, 0.3) is 0 Å². The van der Waals surface area contributed by atoms with Crippen molar-refractivity contribution in [1.82, 2.24) is 10.3 Å². The molecule has 0 radical (unpaired) electrons. The molecule has 0 spiro atoms. The molecule has 2 N–H and O–H groups in total. The highest BCUT2D eigenvalue weighted by Gasteiger charge is 2.31. The van der Waals surface area contributed by atoms with E-state index in [2.05, 4.69) is 15.6 Å². The van der Waals surface area contributed by atoms with Gasteiger partial charge in [0.05, 0.1) is 18.4 Å². The number of ether oxygens (including phenoxy) is 2. The van der Waals surface area contributed by atoms with Crippen LogP contribution >= 0.6 is 11.6 Å². The molecule has 1 aliphatic rings. The van der Waals surface area contributed by atoms with Crippen molar-refractivity contribution >= 4 is 23.3 Å². The lowest BCUT2D eigenvalue weighted by atomic mass is 9.93. The fourth-order valence-electron chi connectivity index (χ4n) is 3.24. The molecule has 0 atom stereocenters. The van der Waals surface area contributed by atoms with E-state index in [1.807, 2.05) is 0 Å². The number of rotatable bonds is 5. The molecular weight excluding hydrogens is 423 g/mol. The summed E-state index contributed by atoms with van der Waals surface area (Å²) in [6.45, 7) is 0. The quantitative estimate of drug-likeness (QED) is 0.660. The second kappa shape index (κ2) is 9.42. The predicted molar refractivity (Wildman–Crippen MR) is 106 cm³/mol. The van der Waals surface area contributed by atoms with Gasteiger partial charge in [0.15, 0.2) is 0 Å². The Kier molecular flexibility index (Phi) is 6.91. The largest absolute Gasteiger partial charge is 0.495 e. The van der Waals surface area contributed by atoms with Crippen molar-refractivity contribution in [3.8, 4) is 11.6 Å². The number of pyridine rings is 1. The summed E-state index contributed by atoms with van der Waals surface area (Å²) in [6, 6.07) is 6.68. The molecule has 0 aliphatic heterocycles. The van der Waals surface area contributed by atoms with Crippen LogP contribution in [0.15, 0.2) is 36.5 Å². The first-order valence-electron chi connectivity index (χ1n) is 9.35. The van der Waals surface area contributed by atoms with Crippen molar-refractivity contribution in [3.63, 3.8) is 0 Å². The number of methoxy groups -OCH3 is 1. The number of halogens is 4. The van der Waals surface area contributed by atoms with Gasteiger partial charge < -0.3 is 20.1 Å². The summed E-state index contributed by atoms with van der Waals surface area (Å²) in [7, 11) is 1.50. The molecule has 1 fully saturated rings. The van der Waals surface area contributed by atoms with E-state index in [9.17, 15) is 18.0 Å². The van der Waals surface area contributed by atoms with Gasteiger partial charge in [-0.3, -0.25) is 0 Å². The molecular formula is C20H21ClF3N3O3. The summed E-state index contributed by atoms with van der Waals surface area (Å²) in [5.41, 5.74) is -0.349. The molecule has 2 aromatic rings. The molecule has 0 saturated heterocycles. The van der Waals surface area contributed by atoms with Gasteiger partial charge in [0, 0.05) is 23.3 Å². The Morgan fingerprint density at radius 2 is 1.90 bits per heavy atom. The number of urea groups is 1. The van der Waals surface area contributed by atoms with Crippen LogP contribution in [0, 0.1) is 0 Å². The van der Waals surface area contributed by atoms with Crippen LogP contribution in [0.1, 0.15) is 31.2 Å². The Labute approximate surface area is 176 Å². The van der Waals surface area contributed by atoms with E-state index < -0.39 is 11.7 Å². The number of nitrogens with zero attached hydrogens (tertiary/aromatic N) is 1. The first-order valence-corrected chi connectivity index (χ1v) is 9.73. The second-order valence-electron chi connectivity index (χ2n) is 6.92. The smallest absolute Gasteiger partial charge is 0.417 e. The molecule has 0 bridgehead atoms. The topological polar surface area (TPSA) is 72.5 Å². The van der Waals surface area contributed by atoms with E-state index in [-0.39, 0.29) is 24.1 Å². The summed E-state index contributed by atoms with van der Waals surface area (Å²) in [5.74, 6) is 0.654. The fraction of sp³-hybridized carbons (Fsp3) is 0.400. The maximum absolute atomic E-state index is 12.6. The van der Waals surface area contributed by atoms with Crippen molar-refractivity contribution in [2.75, 3.05) is 12.4 Å². The molecule has 162 valence electrons. The van der Waals surface area contributed by atoms with Gasteiger partial charge in [0.1, 0.15) is 11.9 Å². The maximum atomic E-state index is 12.6. The van der Waals surface area contributed by atoms with Gasteiger partial charge in [0.2, 0.25) is 5.88 Å². The third kappa shape index (κ3) is 5.91. The van der Waals surface area contributed by atoms with E-state index >= 15 is 0 Å². The second-order valence-corrected chi connectivity index (χ2v) is 7.35. The van der Waals surface area contributed by atoms with Crippen LogP contribution in [-0.2, 0) is 6.18 Å². The first kappa shape index (κ1) is 22.0. The normalized spacial score (nSPS) is 19.1. The van der Waals surface area contributed by atoms with Gasteiger partial charge in [-0.2, -0.15) is 13.2 Å². The third-order valence-corrected chi connectivity index (χ3v) is 5.01. The average molecular weight is 444 g/mol. The Morgan fingerprint density at radius 1 is 1.17 bits per heavy atom. The van der Waals surface area contributed by atoms with E-state index in [1.54, 1.807) is 18.2 Å². The minimum atomic E-state index is -4.43. The summed E-state index contributed by atoms with van der Waals surface area (Å²) in [4.78, 5) is 16.0. The van der Waals surface area contributed by atoms with Gasteiger partial charge in [-0.15, -0.1) is 0 Å². The van der Waals surface area contributed by atoms with Crippen molar-refractivity contribution < 1.29 is 27.4 Å². The molecule has 0 unspecified atom stereocenters. The number of hydrogen-bond donors (Lipinski definition) is 2. The van der Waals surface area contributed by atoms with Gasteiger partial charge in [0.25, 0.3) is 0 Å². The SMILES string of the molecule is COc1ccc(Cl)cc1NC(=O)NC1CCC(Oc2ccc(C(F)(F)F)cn2)CC1. The van der Waals surface area contributed by atoms with Crippen LogP contribution in [0.2, 0.25) is 5.02 Å². The summed E-state index contributed by atoms with van der Waals surface area (Å²) < 4.78 is 48.7. The highest BCUT2D eigenvalue weighted by molar-refractivity contribution is 6.31. The predicted octanol–water partition coefficient (Wildman–Crippen LogP) is 5.27. The van der Waals surface area contributed by atoms with E-state index in [0.29, 0.717) is 42.1 Å². The zero-order valence-corrected chi connectivity index (χ0v) is 16.9. The standard InChI is InChI=1S/C20H21ClF3N3O3/c1-29-17-8-3-13(21)10-16(17)27-19(28)26-14-4-6-15(7-5-14)30-18-9-2-12(11-25-18)20(22,23)24/h2-3,8-11,14-15H,4-7H2,1H3,(H2,26,27,28). The Hall–Kier alpha value is -2.68. The summed E-state index contributed by atoms with van der Waals surface area (Å²) in [5, 5.41) is 6.10. The fourth-order valence-corrected chi connectivity index (χ4v) is 3.41. The molecule has 1 heterocycles. The molecule has 1 aliphatic carbocycles. The number of carbonyl (C=O) groups excluding carboxylic acids is 1. The minimum absolute atomic E-state index is 0.0457. The van der Waals surface area contributed by atoms with Crippen LogP contribution in [0.3, 0.4) is 0 Å². The van der Waals surface area contributed by atoms with Crippen LogP contribution < -0.4 is 20.1 Å². The molecule has 1 aromatic heterocycles. The molecule has 2 amide bonds. The van der Waals surface area contributed by atoms with Crippen molar-refractivity contribution in [3.05, 3.63) is 47.1 Å². The number of carbonyl (C=O) groups is 1. The molecule has 3 rings (SSSR count). The summed E-state index contributed by atoms with van der Waals surface area (Å²) in [6.07, 6.45) is -1.19. The molecule has 6 nitrogen and oxygen atoms in total. The molecule has 1 aromatic carbocycles. The lowest BCUT2D eigenvalue weighted by Gasteiger charge is -2.29. The number of alkyl halides is 3. The number of nitrogens with one attached hydrogen (secondary N) is 2. The highest BCUT2D eigenvalue weighted by atomic mass is 35.5. The Balaban J connectivity index is 1.46. The van der Waals surface area contributed by atoms with Crippen molar-refractivity contribution in [2.24, 2.45) is 0 Å². The van der Waals surface area contributed by atoms with Crippen LogP contribution in [0.4, 0.5) is 23.7 Å².